The first-order chi connectivity index (χ1) is 9.13. The summed E-state index contributed by atoms with van der Waals surface area (Å²) >= 11 is 9.60. The minimum atomic E-state index is -0.0850. The number of alkyl halides is 1. The van der Waals surface area contributed by atoms with Crippen LogP contribution in [0.5, 0.6) is 5.75 Å². The summed E-state index contributed by atoms with van der Waals surface area (Å²) in [5.41, 5.74) is 1.84. The maximum Gasteiger partial charge on any atom is 0.124 e. The molecule has 0 saturated carbocycles. The van der Waals surface area contributed by atoms with Crippen molar-refractivity contribution in [2.75, 3.05) is 7.11 Å². The standard InChI is InChI=1S/C13H15BrClN3O/c1-3-11(15)12-8-18(17-16-12)7-9-6-10(14)4-5-13(9)19-2/h4-6,8,11H,3,7H2,1-2H3. The van der Waals surface area contributed by atoms with Crippen LogP contribution in [0.4, 0.5) is 0 Å². The van der Waals surface area contributed by atoms with Gasteiger partial charge in [-0.2, -0.15) is 0 Å². The Hall–Kier alpha value is -1.07. The highest BCUT2D eigenvalue weighted by Crippen LogP contribution is 2.25. The van der Waals surface area contributed by atoms with Gasteiger partial charge in [0, 0.05) is 10.0 Å². The Morgan fingerprint density at radius 3 is 2.95 bits per heavy atom. The molecule has 0 aliphatic rings. The molecule has 0 aliphatic carbocycles. The first kappa shape index (κ1) is 14.3. The molecule has 19 heavy (non-hydrogen) atoms. The average Bonchev–Trinajstić information content (AvgIpc) is 2.86. The molecule has 0 radical (unpaired) electrons. The maximum atomic E-state index is 6.14. The molecule has 2 aromatic rings. The van der Waals surface area contributed by atoms with Crippen molar-refractivity contribution in [3.63, 3.8) is 0 Å². The van der Waals surface area contributed by atoms with Gasteiger partial charge >= 0.3 is 0 Å². The number of nitrogens with zero attached hydrogens (tertiary/aromatic N) is 3. The lowest BCUT2D eigenvalue weighted by Gasteiger charge is -2.08. The molecule has 1 heterocycles. The van der Waals surface area contributed by atoms with Gasteiger partial charge in [-0.3, -0.25) is 0 Å². The number of hydrogen-bond donors (Lipinski definition) is 0. The van der Waals surface area contributed by atoms with E-state index in [1.807, 2.05) is 31.3 Å². The predicted octanol–water partition coefficient (Wildman–Crippen LogP) is 3.79. The van der Waals surface area contributed by atoms with Crippen molar-refractivity contribution in [2.45, 2.75) is 25.3 Å². The van der Waals surface area contributed by atoms with Crippen LogP contribution in [0, 0.1) is 0 Å². The zero-order chi connectivity index (χ0) is 13.8. The summed E-state index contributed by atoms with van der Waals surface area (Å²) in [5.74, 6) is 0.832. The van der Waals surface area contributed by atoms with Gasteiger partial charge in [-0.25, -0.2) is 4.68 Å². The second-order valence-corrected chi connectivity index (χ2v) is 5.62. The van der Waals surface area contributed by atoms with E-state index in [0.29, 0.717) is 6.54 Å². The molecule has 1 aromatic heterocycles. The molecule has 1 atom stereocenters. The van der Waals surface area contributed by atoms with Crippen molar-refractivity contribution in [1.29, 1.82) is 0 Å². The molecule has 0 fully saturated rings. The highest BCUT2D eigenvalue weighted by Gasteiger charge is 2.11. The SMILES string of the molecule is CCC(Cl)c1cn(Cc2cc(Br)ccc2OC)nn1. The van der Waals surface area contributed by atoms with Gasteiger partial charge in [0.25, 0.3) is 0 Å². The number of aromatic nitrogens is 3. The summed E-state index contributed by atoms with van der Waals surface area (Å²) in [6.07, 6.45) is 2.71. The fourth-order valence-corrected chi connectivity index (χ4v) is 2.30. The van der Waals surface area contributed by atoms with Crippen LogP contribution in [0.2, 0.25) is 0 Å². The minimum Gasteiger partial charge on any atom is -0.496 e. The van der Waals surface area contributed by atoms with Gasteiger partial charge in [0.05, 0.1) is 25.2 Å². The molecule has 0 bridgehead atoms. The van der Waals surface area contributed by atoms with Crippen molar-refractivity contribution in [1.82, 2.24) is 15.0 Å². The molecule has 0 aliphatic heterocycles. The highest BCUT2D eigenvalue weighted by molar-refractivity contribution is 9.10. The van der Waals surface area contributed by atoms with E-state index in [1.165, 1.54) is 0 Å². The Morgan fingerprint density at radius 2 is 2.26 bits per heavy atom. The summed E-state index contributed by atoms with van der Waals surface area (Å²) < 4.78 is 8.11. The fraction of sp³-hybridized carbons (Fsp3) is 0.385. The highest BCUT2D eigenvalue weighted by atomic mass is 79.9. The van der Waals surface area contributed by atoms with E-state index >= 15 is 0 Å². The van der Waals surface area contributed by atoms with Crippen LogP contribution in [0.25, 0.3) is 0 Å². The molecule has 1 aromatic carbocycles. The Bertz CT molecular complexity index is 559. The lowest BCUT2D eigenvalue weighted by molar-refractivity contribution is 0.407. The van der Waals surface area contributed by atoms with Crippen LogP contribution in [0.3, 0.4) is 0 Å². The average molecular weight is 345 g/mol. The van der Waals surface area contributed by atoms with Crippen LogP contribution in [0.15, 0.2) is 28.9 Å². The lowest BCUT2D eigenvalue weighted by atomic mass is 10.2. The van der Waals surface area contributed by atoms with E-state index in [9.17, 15) is 0 Å². The van der Waals surface area contributed by atoms with Gasteiger partial charge in [0.1, 0.15) is 11.4 Å². The van der Waals surface area contributed by atoms with E-state index in [0.717, 1.165) is 27.9 Å². The van der Waals surface area contributed by atoms with E-state index in [-0.39, 0.29) is 5.38 Å². The Labute approximate surface area is 125 Å². The summed E-state index contributed by atoms with van der Waals surface area (Å²) in [4.78, 5) is 0. The first-order valence-electron chi connectivity index (χ1n) is 6.00. The van der Waals surface area contributed by atoms with Crippen LogP contribution in [-0.4, -0.2) is 22.1 Å². The van der Waals surface area contributed by atoms with Crippen molar-refractivity contribution in [3.05, 3.63) is 40.1 Å². The molecule has 4 nitrogen and oxygen atoms in total. The number of halogens is 2. The molecule has 0 saturated heterocycles. The van der Waals surface area contributed by atoms with Gasteiger partial charge in [0.2, 0.25) is 0 Å². The molecule has 0 amide bonds. The first-order valence-corrected chi connectivity index (χ1v) is 7.23. The number of hydrogen-bond acceptors (Lipinski definition) is 3. The van der Waals surface area contributed by atoms with E-state index in [1.54, 1.807) is 11.8 Å². The number of benzene rings is 1. The third-order valence-corrected chi connectivity index (χ3v) is 3.84. The fourth-order valence-electron chi connectivity index (χ4n) is 1.79. The van der Waals surface area contributed by atoms with Gasteiger partial charge < -0.3 is 4.74 Å². The Kier molecular flexibility index (Phi) is 4.82. The van der Waals surface area contributed by atoms with Crippen LogP contribution in [-0.2, 0) is 6.54 Å². The van der Waals surface area contributed by atoms with Crippen LogP contribution < -0.4 is 4.74 Å². The quantitative estimate of drug-likeness (QED) is 0.775. The minimum absolute atomic E-state index is 0.0850. The van der Waals surface area contributed by atoms with Gasteiger partial charge in [-0.15, -0.1) is 16.7 Å². The van der Waals surface area contributed by atoms with Crippen molar-refractivity contribution < 1.29 is 4.74 Å². The monoisotopic (exact) mass is 343 g/mol. The topological polar surface area (TPSA) is 39.9 Å². The summed E-state index contributed by atoms with van der Waals surface area (Å²) in [7, 11) is 1.66. The molecular formula is C13H15BrClN3O. The van der Waals surface area contributed by atoms with E-state index in [4.69, 9.17) is 16.3 Å². The number of rotatable bonds is 5. The predicted molar refractivity (Wildman–Crippen MR) is 78.7 cm³/mol. The van der Waals surface area contributed by atoms with Crippen molar-refractivity contribution in [3.8, 4) is 5.75 Å². The summed E-state index contributed by atoms with van der Waals surface area (Å²) in [6, 6.07) is 5.88. The molecule has 0 N–H and O–H groups in total. The normalized spacial score (nSPS) is 12.4. The van der Waals surface area contributed by atoms with Crippen LogP contribution in [0.1, 0.15) is 30.0 Å². The van der Waals surface area contributed by atoms with Gasteiger partial charge in [0.15, 0.2) is 0 Å². The molecule has 2 rings (SSSR count). The maximum absolute atomic E-state index is 6.14. The zero-order valence-corrected chi connectivity index (χ0v) is 13.1. The van der Waals surface area contributed by atoms with E-state index < -0.39 is 0 Å². The molecule has 1 unspecified atom stereocenters. The molecule has 0 spiro atoms. The van der Waals surface area contributed by atoms with Crippen molar-refractivity contribution in [2.24, 2.45) is 0 Å². The second kappa shape index (κ2) is 6.39. The summed E-state index contributed by atoms with van der Waals surface area (Å²) in [6.45, 7) is 2.62. The lowest BCUT2D eigenvalue weighted by Crippen LogP contribution is -2.02. The second-order valence-electron chi connectivity index (χ2n) is 4.17. The third kappa shape index (κ3) is 3.48. The number of ether oxygens (including phenoxy) is 1. The van der Waals surface area contributed by atoms with Gasteiger partial charge in [-0.1, -0.05) is 28.1 Å². The van der Waals surface area contributed by atoms with Crippen LogP contribution >= 0.6 is 27.5 Å². The Morgan fingerprint density at radius 1 is 1.47 bits per heavy atom. The largest absolute Gasteiger partial charge is 0.496 e. The smallest absolute Gasteiger partial charge is 0.124 e. The number of methoxy groups -OCH3 is 1. The molecule has 102 valence electrons. The van der Waals surface area contributed by atoms with Crippen molar-refractivity contribution >= 4 is 27.5 Å². The Balaban J connectivity index is 2.21. The summed E-state index contributed by atoms with van der Waals surface area (Å²) in [5, 5.41) is 8.10. The van der Waals surface area contributed by atoms with Gasteiger partial charge in [-0.05, 0) is 24.6 Å². The van der Waals surface area contributed by atoms with E-state index in [2.05, 4.69) is 26.2 Å². The molecular weight excluding hydrogens is 330 g/mol. The zero-order valence-electron chi connectivity index (χ0n) is 10.8. The third-order valence-electron chi connectivity index (χ3n) is 2.81. The molecule has 6 heteroatoms.